The van der Waals surface area contributed by atoms with Crippen molar-refractivity contribution in [1.82, 2.24) is 30.6 Å². The Morgan fingerprint density at radius 2 is 1.57 bits per heavy atom. The van der Waals surface area contributed by atoms with Crippen molar-refractivity contribution in [2.45, 2.75) is 64.8 Å². The third-order valence-electron chi connectivity index (χ3n) is 7.28. The van der Waals surface area contributed by atoms with Gasteiger partial charge in [0.15, 0.2) is 5.13 Å². The number of anilines is 2. The van der Waals surface area contributed by atoms with E-state index in [0.29, 0.717) is 12.1 Å². The minimum atomic E-state index is -1.46. The Bertz CT molecular complexity index is 1770. The molecule has 17 nitrogen and oxygen atoms in total. The molecule has 3 aromatic rings. The average molecular weight is 785 g/mol. The molecule has 0 aliphatic rings. The Hall–Kier alpha value is -5.37. The van der Waals surface area contributed by atoms with E-state index in [9.17, 15) is 38.7 Å². The SMILES string of the molecule is CC(=O)SN(C)COC(C)(C)CCC(=O)NCc1ccc(NC(=O)[C@H](CC(=O)O)NC(=O)CNC(=O)c2csc(NC(=O)NCc3ccccc3)n2)cc1. The van der Waals surface area contributed by atoms with Gasteiger partial charge < -0.3 is 36.4 Å². The molecule has 0 fully saturated rings. The largest absolute Gasteiger partial charge is 0.481 e. The van der Waals surface area contributed by atoms with E-state index in [1.54, 1.807) is 35.6 Å². The summed E-state index contributed by atoms with van der Waals surface area (Å²) >= 11 is 2.04. The van der Waals surface area contributed by atoms with Crippen LogP contribution in [0.1, 0.15) is 61.6 Å². The lowest BCUT2D eigenvalue weighted by molar-refractivity contribution is -0.139. The van der Waals surface area contributed by atoms with Crippen LogP contribution in [0.3, 0.4) is 0 Å². The maximum absolute atomic E-state index is 12.9. The number of thiazole rings is 1. The number of hydrogen-bond acceptors (Lipinski definition) is 12. The fourth-order valence-corrected chi connectivity index (χ4v) is 5.69. The van der Waals surface area contributed by atoms with E-state index in [-0.39, 0.29) is 48.1 Å². The molecule has 7 N–H and O–H groups in total. The monoisotopic (exact) mass is 784 g/mol. The number of aromatic nitrogens is 1. The highest BCUT2D eigenvalue weighted by atomic mass is 32.2. The third kappa shape index (κ3) is 16.5. The quantitative estimate of drug-likeness (QED) is 0.0647. The predicted molar refractivity (Wildman–Crippen MR) is 203 cm³/mol. The van der Waals surface area contributed by atoms with Crippen LogP contribution in [-0.2, 0) is 41.8 Å². The van der Waals surface area contributed by atoms with Crippen LogP contribution in [0.25, 0.3) is 0 Å². The van der Waals surface area contributed by atoms with Gasteiger partial charge in [-0.3, -0.25) is 34.1 Å². The van der Waals surface area contributed by atoms with Crippen molar-refractivity contribution in [3.63, 3.8) is 0 Å². The average Bonchev–Trinajstić information content (AvgIpc) is 3.59. The summed E-state index contributed by atoms with van der Waals surface area (Å²) in [6.45, 7) is 5.34. The predicted octanol–water partition coefficient (Wildman–Crippen LogP) is 3.07. The number of aliphatic carboxylic acids is 1. The number of carbonyl (C=O) groups excluding carboxylic acids is 6. The minimum absolute atomic E-state index is 0.0540. The molecule has 0 radical (unpaired) electrons. The molecule has 0 saturated heterocycles. The number of rotatable bonds is 20. The number of benzene rings is 2. The normalized spacial score (nSPS) is 11.6. The van der Waals surface area contributed by atoms with Crippen molar-refractivity contribution in [3.8, 4) is 0 Å². The number of amides is 6. The molecular weight excluding hydrogens is 741 g/mol. The first-order chi connectivity index (χ1) is 25.6. The van der Waals surface area contributed by atoms with Crippen molar-refractivity contribution in [2.24, 2.45) is 0 Å². The molecule has 1 aromatic heterocycles. The van der Waals surface area contributed by atoms with E-state index in [1.807, 2.05) is 44.2 Å². The van der Waals surface area contributed by atoms with E-state index in [1.165, 1.54) is 12.3 Å². The third-order valence-corrected chi connectivity index (χ3v) is 8.71. The summed E-state index contributed by atoms with van der Waals surface area (Å²) in [6, 6.07) is 13.7. The second-order valence-electron chi connectivity index (χ2n) is 12.4. The zero-order chi connectivity index (χ0) is 39.7. The van der Waals surface area contributed by atoms with Crippen LogP contribution in [0.2, 0.25) is 0 Å². The fourth-order valence-electron chi connectivity index (χ4n) is 4.46. The van der Waals surface area contributed by atoms with E-state index >= 15 is 0 Å². The zero-order valence-corrected chi connectivity index (χ0v) is 31.9. The molecule has 290 valence electrons. The lowest BCUT2D eigenvalue weighted by Gasteiger charge is -2.27. The minimum Gasteiger partial charge on any atom is -0.481 e. The highest BCUT2D eigenvalue weighted by Gasteiger charge is 2.25. The summed E-state index contributed by atoms with van der Waals surface area (Å²) in [7, 11) is 1.74. The van der Waals surface area contributed by atoms with E-state index in [2.05, 4.69) is 36.9 Å². The summed E-state index contributed by atoms with van der Waals surface area (Å²) in [4.78, 5) is 89.4. The number of ether oxygens (including phenoxy) is 1. The summed E-state index contributed by atoms with van der Waals surface area (Å²) in [5, 5.41) is 26.1. The smallest absolute Gasteiger partial charge is 0.321 e. The van der Waals surface area contributed by atoms with Gasteiger partial charge in [0.05, 0.1) is 18.6 Å². The highest BCUT2D eigenvalue weighted by molar-refractivity contribution is 8.11. The van der Waals surface area contributed by atoms with Gasteiger partial charge in [-0.25, -0.2) is 14.1 Å². The van der Waals surface area contributed by atoms with E-state index in [4.69, 9.17) is 4.74 Å². The molecule has 54 heavy (non-hydrogen) atoms. The van der Waals surface area contributed by atoms with Crippen molar-refractivity contribution >= 4 is 74.8 Å². The van der Waals surface area contributed by atoms with Gasteiger partial charge in [0.1, 0.15) is 18.5 Å². The summed E-state index contributed by atoms with van der Waals surface area (Å²) in [5.41, 5.74) is 1.30. The molecule has 0 aliphatic heterocycles. The molecule has 0 spiro atoms. The number of carboxylic acids is 1. The van der Waals surface area contributed by atoms with Gasteiger partial charge >= 0.3 is 12.0 Å². The standard InChI is InChI=1S/C35H44N8O9S2/c1-22(44)54-43(4)21-52-35(2,3)15-14-28(45)36-17-24-10-12-25(13-11-24)39-32(50)26(16-30(47)48)40-29(46)19-37-31(49)27-20-53-34(41-27)42-33(51)38-18-23-8-6-5-7-9-23/h5-13,20,26H,14-19,21H2,1-4H3,(H,36,45)(H,37,49)(H,39,50)(H,40,46)(H,47,48)(H2,38,41,42,51)/t26-/m0/s1. The Labute approximate surface area is 320 Å². The van der Waals surface area contributed by atoms with Crippen LogP contribution >= 0.6 is 23.3 Å². The van der Waals surface area contributed by atoms with Crippen LogP contribution in [0.15, 0.2) is 60.0 Å². The number of nitrogens with one attached hydrogen (secondary N) is 6. The van der Waals surface area contributed by atoms with Crippen LogP contribution in [-0.4, -0.2) is 87.1 Å². The topological polar surface area (TPSA) is 237 Å². The van der Waals surface area contributed by atoms with Crippen LogP contribution < -0.4 is 31.9 Å². The van der Waals surface area contributed by atoms with E-state index in [0.717, 1.165) is 34.4 Å². The van der Waals surface area contributed by atoms with Crippen LogP contribution in [0.4, 0.5) is 15.6 Å². The number of carbonyl (C=O) groups is 7. The molecule has 0 bridgehead atoms. The maximum Gasteiger partial charge on any atom is 0.321 e. The van der Waals surface area contributed by atoms with Gasteiger partial charge in [-0.15, -0.1) is 11.3 Å². The summed E-state index contributed by atoms with van der Waals surface area (Å²) < 4.78 is 7.49. The molecule has 6 amide bonds. The van der Waals surface area contributed by atoms with Gasteiger partial charge in [0.2, 0.25) is 22.8 Å². The molecule has 0 saturated carbocycles. The van der Waals surface area contributed by atoms with Crippen LogP contribution in [0, 0.1) is 0 Å². The van der Waals surface area contributed by atoms with Crippen LogP contribution in [0.5, 0.6) is 0 Å². The molecule has 2 aromatic carbocycles. The second-order valence-corrected chi connectivity index (χ2v) is 14.7. The van der Waals surface area contributed by atoms with Gasteiger partial charge in [0, 0.05) is 44.5 Å². The first kappa shape index (κ1) is 43.0. The second kappa shape index (κ2) is 21.4. The molecular formula is C35H44N8O9S2. The first-order valence-corrected chi connectivity index (χ1v) is 18.3. The molecule has 0 unspecified atom stereocenters. The van der Waals surface area contributed by atoms with Gasteiger partial charge in [-0.1, -0.05) is 42.5 Å². The highest BCUT2D eigenvalue weighted by Crippen LogP contribution is 2.19. The molecule has 3 rings (SSSR count). The molecule has 19 heteroatoms. The van der Waals surface area contributed by atoms with Gasteiger partial charge in [0.25, 0.3) is 5.91 Å². The van der Waals surface area contributed by atoms with Gasteiger partial charge in [-0.05, 0) is 55.5 Å². The lowest BCUT2D eigenvalue weighted by Crippen LogP contribution is -2.48. The number of nitrogens with zero attached hydrogens (tertiary/aromatic N) is 2. The molecule has 1 heterocycles. The van der Waals surface area contributed by atoms with E-state index < -0.39 is 54.3 Å². The zero-order valence-electron chi connectivity index (χ0n) is 30.2. The summed E-state index contributed by atoms with van der Waals surface area (Å²) in [6.07, 6.45) is -0.0615. The Balaban J connectivity index is 1.41. The Morgan fingerprint density at radius 1 is 0.907 bits per heavy atom. The van der Waals surface area contributed by atoms with Crippen molar-refractivity contribution in [1.29, 1.82) is 0 Å². The summed E-state index contributed by atoms with van der Waals surface area (Å²) in [5.74, 6) is -3.87. The Kier molecular flexibility index (Phi) is 17.0. The van der Waals surface area contributed by atoms with Crippen molar-refractivity contribution < 1.29 is 43.4 Å². The number of urea groups is 1. The molecule has 0 aliphatic carbocycles. The Morgan fingerprint density at radius 3 is 2.24 bits per heavy atom. The fraction of sp³-hybridized carbons (Fsp3) is 0.371. The lowest BCUT2D eigenvalue weighted by atomic mass is 10.0. The molecule has 1 atom stereocenters. The van der Waals surface area contributed by atoms with Crippen molar-refractivity contribution in [2.75, 3.05) is 31.0 Å². The van der Waals surface area contributed by atoms with Gasteiger partial charge in [-0.2, -0.15) is 0 Å². The first-order valence-electron chi connectivity index (χ1n) is 16.6. The number of carboxylic acid groups (broad SMARTS) is 1. The van der Waals surface area contributed by atoms with Crippen molar-refractivity contribution in [3.05, 3.63) is 76.8 Å². The maximum atomic E-state index is 12.9. The number of hydrogen-bond donors (Lipinski definition) is 7.